The summed E-state index contributed by atoms with van der Waals surface area (Å²) in [4.78, 5) is 10.6. The molecule has 0 radical (unpaired) electrons. The van der Waals surface area contributed by atoms with Crippen molar-refractivity contribution in [2.45, 2.75) is 6.92 Å². The largest absolute Gasteiger partial charge is 0.476 e. The van der Waals surface area contributed by atoms with Gasteiger partial charge in [0.1, 0.15) is 0 Å². The molecule has 1 aromatic heterocycles. The van der Waals surface area contributed by atoms with Gasteiger partial charge in [-0.15, -0.1) is 10.2 Å². The third-order valence-corrected chi connectivity index (χ3v) is 2.23. The Morgan fingerprint density at radius 1 is 1.06 bits per heavy atom. The minimum Gasteiger partial charge on any atom is -0.476 e. The van der Waals surface area contributed by atoms with Crippen LogP contribution < -0.4 is 0 Å². The summed E-state index contributed by atoms with van der Waals surface area (Å²) in [5.74, 6) is -1.07. The van der Waals surface area contributed by atoms with Crippen molar-refractivity contribution < 1.29 is 9.90 Å². The van der Waals surface area contributed by atoms with Crippen LogP contribution in [0.25, 0.3) is 11.3 Å². The standard InChI is InChI=1S/C12H10N2O2/c1-8-2-4-9(5-3-8)10-6-7-11(12(15)16)14-13-10/h2-7H,1H3,(H,15,16). The minimum absolute atomic E-state index is 0.0455. The molecule has 0 unspecified atom stereocenters. The monoisotopic (exact) mass is 214 g/mol. The lowest BCUT2D eigenvalue weighted by molar-refractivity contribution is 0.0689. The molecular formula is C12H10N2O2. The highest BCUT2D eigenvalue weighted by Crippen LogP contribution is 2.16. The quantitative estimate of drug-likeness (QED) is 0.831. The summed E-state index contributed by atoms with van der Waals surface area (Å²) >= 11 is 0. The Morgan fingerprint density at radius 2 is 1.75 bits per heavy atom. The highest BCUT2D eigenvalue weighted by molar-refractivity contribution is 5.85. The Bertz CT molecular complexity index is 504. The molecule has 4 heteroatoms. The Kier molecular flexibility index (Phi) is 2.64. The smallest absolute Gasteiger partial charge is 0.356 e. The molecule has 0 bridgehead atoms. The van der Waals surface area contributed by atoms with Crippen molar-refractivity contribution in [1.82, 2.24) is 10.2 Å². The third kappa shape index (κ3) is 2.06. The molecule has 1 N–H and O–H groups in total. The zero-order valence-electron chi connectivity index (χ0n) is 8.71. The fourth-order valence-corrected chi connectivity index (χ4v) is 1.32. The lowest BCUT2D eigenvalue weighted by Gasteiger charge is -2.00. The number of rotatable bonds is 2. The SMILES string of the molecule is Cc1ccc(-c2ccc(C(=O)O)nn2)cc1. The van der Waals surface area contributed by atoms with Crippen LogP contribution in [0.5, 0.6) is 0 Å². The van der Waals surface area contributed by atoms with Gasteiger partial charge < -0.3 is 5.11 Å². The maximum absolute atomic E-state index is 10.6. The molecule has 0 aliphatic rings. The molecule has 0 saturated carbocycles. The van der Waals surface area contributed by atoms with E-state index in [9.17, 15) is 4.79 Å². The number of carbonyl (C=O) groups is 1. The van der Waals surface area contributed by atoms with Gasteiger partial charge in [-0.05, 0) is 19.1 Å². The minimum atomic E-state index is -1.07. The summed E-state index contributed by atoms with van der Waals surface area (Å²) < 4.78 is 0. The predicted octanol–water partition coefficient (Wildman–Crippen LogP) is 2.15. The second-order valence-corrected chi connectivity index (χ2v) is 3.47. The number of benzene rings is 1. The number of nitrogens with zero attached hydrogens (tertiary/aromatic N) is 2. The second kappa shape index (κ2) is 4.10. The maximum Gasteiger partial charge on any atom is 0.356 e. The van der Waals surface area contributed by atoms with Crippen LogP contribution in [-0.2, 0) is 0 Å². The van der Waals surface area contributed by atoms with Gasteiger partial charge in [0.2, 0.25) is 0 Å². The summed E-state index contributed by atoms with van der Waals surface area (Å²) in [7, 11) is 0. The molecule has 1 heterocycles. The first-order chi connectivity index (χ1) is 7.66. The number of carboxylic acids is 1. The summed E-state index contributed by atoms with van der Waals surface area (Å²) in [5, 5.41) is 16.2. The Labute approximate surface area is 92.6 Å². The van der Waals surface area contributed by atoms with Crippen molar-refractivity contribution in [3.8, 4) is 11.3 Å². The van der Waals surface area contributed by atoms with Crippen LogP contribution in [-0.4, -0.2) is 21.3 Å². The molecule has 4 nitrogen and oxygen atoms in total. The Hall–Kier alpha value is -2.23. The van der Waals surface area contributed by atoms with Crippen LogP contribution in [0.15, 0.2) is 36.4 Å². The fraction of sp³-hybridized carbons (Fsp3) is 0.0833. The summed E-state index contributed by atoms with van der Waals surface area (Å²) in [6.45, 7) is 2.00. The van der Waals surface area contributed by atoms with Crippen LogP contribution in [0.4, 0.5) is 0 Å². The van der Waals surface area contributed by atoms with Crippen molar-refractivity contribution in [2.24, 2.45) is 0 Å². The third-order valence-electron chi connectivity index (χ3n) is 2.23. The molecule has 0 aliphatic heterocycles. The molecule has 0 amide bonds. The van der Waals surface area contributed by atoms with Gasteiger partial charge in [0.15, 0.2) is 5.69 Å². The van der Waals surface area contributed by atoms with E-state index in [4.69, 9.17) is 5.11 Å². The normalized spacial score (nSPS) is 10.1. The van der Waals surface area contributed by atoms with Gasteiger partial charge in [-0.25, -0.2) is 4.79 Å². The van der Waals surface area contributed by atoms with Gasteiger partial charge in [-0.1, -0.05) is 29.8 Å². The Balaban J connectivity index is 2.34. The number of hydrogen-bond acceptors (Lipinski definition) is 3. The highest BCUT2D eigenvalue weighted by Gasteiger charge is 2.05. The molecule has 0 spiro atoms. The van der Waals surface area contributed by atoms with E-state index in [1.807, 2.05) is 31.2 Å². The number of aromatic nitrogens is 2. The number of aromatic carboxylic acids is 1. The number of hydrogen-bond donors (Lipinski definition) is 1. The zero-order chi connectivity index (χ0) is 11.5. The molecule has 0 atom stereocenters. The van der Waals surface area contributed by atoms with Crippen LogP contribution in [0.3, 0.4) is 0 Å². The predicted molar refractivity (Wildman–Crippen MR) is 59.2 cm³/mol. The topological polar surface area (TPSA) is 63.1 Å². The van der Waals surface area contributed by atoms with E-state index in [0.717, 1.165) is 5.56 Å². The van der Waals surface area contributed by atoms with Crippen LogP contribution in [0.1, 0.15) is 16.1 Å². The van der Waals surface area contributed by atoms with E-state index in [0.29, 0.717) is 5.69 Å². The first kappa shape index (κ1) is 10.3. The summed E-state index contributed by atoms with van der Waals surface area (Å²) in [5.41, 5.74) is 2.72. The lowest BCUT2D eigenvalue weighted by atomic mass is 10.1. The molecule has 0 aliphatic carbocycles. The van der Waals surface area contributed by atoms with Crippen molar-refractivity contribution in [3.05, 3.63) is 47.7 Å². The first-order valence-electron chi connectivity index (χ1n) is 4.81. The van der Waals surface area contributed by atoms with Crippen molar-refractivity contribution in [1.29, 1.82) is 0 Å². The molecule has 80 valence electrons. The van der Waals surface area contributed by atoms with Crippen molar-refractivity contribution in [2.75, 3.05) is 0 Å². The Morgan fingerprint density at radius 3 is 2.25 bits per heavy atom. The van der Waals surface area contributed by atoms with E-state index in [2.05, 4.69) is 10.2 Å². The second-order valence-electron chi connectivity index (χ2n) is 3.47. The molecule has 2 rings (SSSR count). The molecule has 0 fully saturated rings. The van der Waals surface area contributed by atoms with E-state index in [1.165, 1.54) is 11.6 Å². The van der Waals surface area contributed by atoms with Crippen LogP contribution in [0.2, 0.25) is 0 Å². The van der Waals surface area contributed by atoms with Crippen molar-refractivity contribution in [3.63, 3.8) is 0 Å². The van der Waals surface area contributed by atoms with E-state index in [1.54, 1.807) is 6.07 Å². The average Bonchev–Trinajstić information content (AvgIpc) is 2.30. The van der Waals surface area contributed by atoms with Gasteiger partial charge in [0, 0.05) is 5.56 Å². The van der Waals surface area contributed by atoms with Crippen molar-refractivity contribution >= 4 is 5.97 Å². The molecule has 16 heavy (non-hydrogen) atoms. The van der Waals surface area contributed by atoms with Gasteiger partial charge in [0.25, 0.3) is 0 Å². The molecule has 1 aromatic carbocycles. The van der Waals surface area contributed by atoms with E-state index in [-0.39, 0.29) is 5.69 Å². The first-order valence-corrected chi connectivity index (χ1v) is 4.81. The average molecular weight is 214 g/mol. The lowest BCUT2D eigenvalue weighted by Crippen LogP contribution is -2.01. The van der Waals surface area contributed by atoms with Gasteiger partial charge in [0.05, 0.1) is 5.69 Å². The van der Waals surface area contributed by atoms with Crippen LogP contribution >= 0.6 is 0 Å². The maximum atomic E-state index is 10.6. The zero-order valence-corrected chi connectivity index (χ0v) is 8.71. The van der Waals surface area contributed by atoms with E-state index < -0.39 is 5.97 Å². The van der Waals surface area contributed by atoms with Crippen LogP contribution in [0, 0.1) is 6.92 Å². The fourth-order valence-electron chi connectivity index (χ4n) is 1.32. The van der Waals surface area contributed by atoms with Gasteiger partial charge in [-0.2, -0.15) is 0 Å². The number of aryl methyl sites for hydroxylation is 1. The van der Waals surface area contributed by atoms with Gasteiger partial charge >= 0.3 is 5.97 Å². The molecule has 2 aromatic rings. The molecular weight excluding hydrogens is 204 g/mol. The highest BCUT2D eigenvalue weighted by atomic mass is 16.4. The number of carboxylic acid groups (broad SMARTS) is 1. The summed E-state index contributed by atoms with van der Waals surface area (Å²) in [6.07, 6.45) is 0. The van der Waals surface area contributed by atoms with Gasteiger partial charge in [-0.3, -0.25) is 0 Å². The molecule has 0 saturated heterocycles. The summed E-state index contributed by atoms with van der Waals surface area (Å²) in [6, 6.07) is 10.9. The van der Waals surface area contributed by atoms with E-state index >= 15 is 0 Å².